The molecular weight excluding hydrogens is 294 g/mol. The molecule has 2 amide bonds. The molecule has 1 aliphatic rings. The molecule has 0 atom stereocenters. The molecule has 0 bridgehead atoms. The van der Waals surface area contributed by atoms with E-state index in [0.29, 0.717) is 19.5 Å². The maximum absolute atomic E-state index is 12.3. The number of fused-ring (bicyclic) bond motifs is 1. The fourth-order valence-electron chi connectivity index (χ4n) is 2.49. The van der Waals surface area contributed by atoms with Crippen LogP contribution >= 0.6 is 0 Å². The van der Waals surface area contributed by atoms with E-state index in [-0.39, 0.29) is 6.03 Å². The third-order valence-electron chi connectivity index (χ3n) is 3.86. The molecule has 3 rings (SSSR count). The number of nitrogens with zero attached hydrogens (tertiary/aromatic N) is 2. The number of benzene rings is 1. The molecule has 2 heterocycles. The van der Waals surface area contributed by atoms with E-state index in [1.165, 1.54) is 0 Å². The molecule has 0 saturated heterocycles. The Bertz CT molecular complexity index is 651. The summed E-state index contributed by atoms with van der Waals surface area (Å²) in [6.45, 7) is 4.01. The van der Waals surface area contributed by atoms with Gasteiger partial charge < -0.3 is 19.5 Å². The Hall–Kier alpha value is -2.50. The number of rotatable bonds is 5. The summed E-state index contributed by atoms with van der Waals surface area (Å²) >= 11 is 0. The lowest BCUT2D eigenvalue weighted by molar-refractivity contribution is 0.202. The monoisotopic (exact) mass is 315 g/mol. The summed E-state index contributed by atoms with van der Waals surface area (Å²) in [4.78, 5) is 14.1. The maximum Gasteiger partial charge on any atom is 0.322 e. The van der Waals surface area contributed by atoms with Crippen molar-refractivity contribution in [2.24, 2.45) is 0 Å². The zero-order valence-corrected chi connectivity index (χ0v) is 13.2. The number of hydrogen-bond acceptors (Lipinski definition) is 4. The molecular formula is C17H21N3O3. The van der Waals surface area contributed by atoms with E-state index < -0.39 is 0 Å². The molecule has 0 saturated carbocycles. The zero-order chi connectivity index (χ0) is 16.1. The fourth-order valence-corrected chi connectivity index (χ4v) is 2.49. The van der Waals surface area contributed by atoms with E-state index in [4.69, 9.17) is 9.26 Å². The number of unbranched alkanes of at least 4 members (excludes halogenated alkanes) is 1. The molecule has 0 fully saturated rings. The molecule has 23 heavy (non-hydrogen) atoms. The second-order valence-electron chi connectivity index (χ2n) is 5.60. The molecule has 2 aromatic rings. The van der Waals surface area contributed by atoms with Crippen LogP contribution in [0.5, 0.6) is 5.75 Å². The average molecular weight is 315 g/mol. The summed E-state index contributed by atoms with van der Waals surface area (Å²) in [7, 11) is 0. The molecule has 1 aromatic carbocycles. The van der Waals surface area contributed by atoms with E-state index in [1.807, 2.05) is 24.3 Å². The number of nitrogens with one attached hydrogen (secondary N) is 1. The van der Waals surface area contributed by atoms with Crippen molar-refractivity contribution in [3.63, 3.8) is 0 Å². The van der Waals surface area contributed by atoms with Gasteiger partial charge in [0.15, 0.2) is 0 Å². The van der Waals surface area contributed by atoms with Gasteiger partial charge in [-0.2, -0.15) is 0 Å². The van der Waals surface area contributed by atoms with Crippen molar-refractivity contribution in [3.8, 4) is 5.75 Å². The number of aromatic nitrogens is 1. The molecule has 1 aliphatic heterocycles. The highest BCUT2D eigenvalue weighted by Gasteiger charge is 2.23. The number of anilines is 1. The smallest absolute Gasteiger partial charge is 0.322 e. The van der Waals surface area contributed by atoms with Crippen LogP contribution in [0, 0.1) is 0 Å². The molecule has 1 aromatic heterocycles. The lowest BCUT2D eigenvalue weighted by atomic mass is 10.1. The van der Waals surface area contributed by atoms with Crippen LogP contribution in [0.4, 0.5) is 10.5 Å². The molecule has 6 heteroatoms. The Morgan fingerprint density at radius 1 is 1.39 bits per heavy atom. The Kier molecular flexibility index (Phi) is 4.80. The van der Waals surface area contributed by atoms with Crippen molar-refractivity contribution in [2.45, 2.75) is 32.7 Å². The predicted octanol–water partition coefficient (Wildman–Crippen LogP) is 3.44. The number of carbonyl (C=O) groups is 1. The van der Waals surface area contributed by atoms with Gasteiger partial charge in [-0.15, -0.1) is 0 Å². The van der Waals surface area contributed by atoms with E-state index in [0.717, 1.165) is 42.2 Å². The maximum atomic E-state index is 12.3. The molecule has 1 N–H and O–H groups in total. The SMILES string of the molecule is CCCCOc1ccc(NC(=O)N2CCc3oncc3C2)cc1. The van der Waals surface area contributed by atoms with Crippen LogP contribution in [-0.2, 0) is 13.0 Å². The third kappa shape index (κ3) is 3.83. The number of carbonyl (C=O) groups excluding carboxylic acids is 1. The van der Waals surface area contributed by atoms with Crippen LogP contribution in [0.25, 0.3) is 0 Å². The first-order chi connectivity index (χ1) is 11.3. The van der Waals surface area contributed by atoms with Gasteiger partial charge in [0, 0.05) is 24.2 Å². The van der Waals surface area contributed by atoms with Crippen LogP contribution in [-0.4, -0.2) is 29.2 Å². The largest absolute Gasteiger partial charge is 0.494 e. The number of amides is 2. The lowest BCUT2D eigenvalue weighted by Crippen LogP contribution is -2.38. The Morgan fingerprint density at radius 3 is 3.00 bits per heavy atom. The van der Waals surface area contributed by atoms with E-state index in [9.17, 15) is 4.79 Å². The molecule has 122 valence electrons. The van der Waals surface area contributed by atoms with Crippen LogP contribution in [0.3, 0.4) is 0 Å². The van der Waals surface area contributed by atoms with Crippen molar-refractivity contribution in [2.75, 3.05) is 18.5 Å². The summed E-state index contributed by atoms with van der Waals surface area (Å²) in [5.74, 6) is 1.70. The second kappa shape index (κ2) is 7.17. The van der Waals surface area contributed by atoms with Gasteiger partial charge >= 0.3 is 6.03 Å². The van der Waals surface area contributed by atoms with E-state index in [1.54, 1.807) is 11.1 Å². The van der Waals surface area contributed by atoms with Gasteiger partial charge in [-0.05, 0) is 30.7 Å². The standard InChI is InChI=1S/C17H21N3O3/c1-2-3-10-22-15-6-4-14(5-7-15)19-17(21)20-9-8-16-13(12-20)11-18-23-16/h4-7,11H,2-3,8-10,12H2,1H3,(H,19,21). The first-order valence-corrected chi connectivity index (χ1v) is 7.97. The summed E-state index contributed by atoms with van der Waals surface area (Å²) in [6.07, 6.45) is 4.53. The molecule has 0 radical (unpaired) electrons. The highest BCUT2D eigenvalue weighted by atomic mass is 16.5. The third-order valence-corrected chi connectivity index (χ3v) is 3.86. The van der Waals surface area contributed by atoms with Gasteiger partial charge in [0.2, 0.25) is 0 Å². The highest BCUT2D eigenvalue weighted by Crippen LogP contribution is 2.20. The molecule has 0 spiro atoms. The van der Waals surface area contributed by atoms with E-state index in [2.05, 4.69) is 17.4 Å². The minimum absolute atomic E-state index is 0.114. The Labute approximate surface area is 135 Å². The number of hydrogen-bond donors (Lipinski definition) is 1. The Balaban J connectivity index is 1.54. The minimum Gasteiger partial charge on any atom is -0.494 e. The normalized spacial score (nSPS) is 13.5. The highest BCUT2D eigenvalue weighted by molar-refractivity contribution is 5.89. The molecule has 0 aliphatic carbocycles. The summed E-state index contributed by atoms with van der Waals surface area (Å²) < 4.78 is 10.7. The van der Waals surface area contributed by atoms with Crippen LogP contribution in [0.2, 0.25) is 0 Å². The Morgan fingerprint density at radius 2 is 2.22 bits per heavy atom. The van der Waals surface area contributed by atoms with Crippen molar-refractivity contribution < 1.29 is 14.1 Å². The summed E-state index contributed by atoms with van der Waals surface area (Å²) in [6, 6.07) is 7.35. The van der Waals surface area contributed by atoms with Crippen molar-refractivity contribution >= 4 is 11.7 Å². The zero-order valence-electron chi connectivity index (χ0n) is 13.2. The van der Waals surface area contributed by atoms with Gasteiger partial charge in [-0.1, -0.05) is 18.5 Å². The second-order valence-corrected chi connectivity index (χ2v) is 5.60. The summed E-state index contributed by atoms with van der Waals surface area (Å²) in [5, 5.41) is 6.68. The van der Waals surface area contributed by atoms with Gasteiger partial charge in [-0.25, -0.2) is 4.79 Å². The fraction of sp³-hybridized carbons (Fsp3) is 0.412. The lowest BCUT2D eigenvalue weighted by Gasteiger charge is -2.25. The average Bonchev–Trinajstić information content (AvgIpc) is 3.04. The van der Waals surface area contributed by atoms with Gasteiger partial charge in [0.05, 0.1) is 19.3 Å². The van der Waals surface area contributed by atoms with Crippen LogP contribution in [0.15, 0.2) is 35.0 Å². The quantitative estimate of drug-likeness (QED) is 0.858. The van der Waals surface area contributed by atoms with Gasteiger partial charge in [0.25, 0.3) is 0 Å². The number of urea groups is 1. The van der Waals surface area contributed by atoms with E-state index >= 15 is 0 Å². The number of ether oxygens (including phenoxy) is 1. The van der Waals surface area contributed by atoms with Crippen LogP contribution in [0.1, 0.15) is 31.1 Å². The van der Waals surface area contributed by atoms with Crippen molar-refractivity contribution in [1.82, 2.24) is 10.1 Å². The first-order valence-electron chi connectivity index (χ1n) is 7.97. The van der Waals surface area contributed by atoms with Crippen LogP contribution < -0.4 is 10.1 Å². The first kappa shape index (κ1) is 15.4. The van der Waals surface area contributed by atoms with Gasteiger partial charge in [-0.3, -0.25) is 0 Å². The summed E-state index contributed by atoms with van der Waals surface area (Å²) in [5.41, 5.74) is 1.74. The van der Waals surface area contributed by atoms with Crippen molar-refractivity contribution in [3.05, 3.63) is 41.8 Å². The predicted molar refractivity (Wildman–Crippen MR) is 86.5 cm³/mol. The molecule has 6 nitrogen and oxygen atoms in total. The van der Waals surface area contributed by atoms with Crippen molar-refractivity contribution in [1.29, 1.82) is 0 Å². The minimum atomic E-state index is -0.114. The topological polar surface area (TPSA) is 67.6 Å². The molecule has 0 unspecified atom stereocenters. The van der Waals surface area contributed by atoms with Gasteiger partial charge in [0.1, 0.15) is 11.5 Å².